The molecule has 26 heavy (non-hydrogen) atoms. The Morgan fingerprint density at radius 1 is 0.577 bits per heavy atom. The molecule has 1 aliphatic rings. The molecule has 0 bridgehead atoms. The normalized spacial score (nSPS) is 13.4. The molecule has 0 heterocycles. The SMILES string of the molecule is C.C.CC.CC.CC(C)C1=C/C=C\C=C/C=C1.CC(C)c1ccccc1. The first kappa shape index (κ1) is 31.9. The number of hydrogen-bond acceptors (Lipinski definition) is 0. The molecule has 2 rings (SSSR count). The highest BCUT2D eigenvalue weighted by atomic mass is 14.0. The Kier molecular flexibility index (Phi) is 28.4. The van der Waals surface area contributed by atoms with Crippen molar-refractivity contribution >= 4 is 0 Å². The average molecular weight is 359 g/mol. The number of rotatable bonds is 2. The van der Waals surface area contributed by atoms with Crippen molar-refractivity contribution in [1.29, 1.82) is 0 Å². The monoisotopic (exact) mass is 358 g/mol. The highest BCUT2D eigenvalue weighted by molar-refractivity contribution is 5.31. The minimum atomic E-state index is 0. The van der Waals surface area contributed by atoms with Gasteiger partial charge in [0.15, 0.2) is 0 Å². The first-order valence-electron chi connectivity index (χ1n) is 9.37. The van der Waals surface area contributed by atoms with Gasteiger partial charge in [0, 0.05) is 0 Å². The zero-order valence-corrected chi connectivity index (χ0v) is 17.1. The summed E-state index contributed by atoms with van der Waals surface area (Å²) in [5.41, 5.74) is 2.79. The van der Waals surface area contributed by atoms with Gasteiger partial charge in [-0.2, -0.15) is 0 Å². The molecule has 1 aliphatic carbocycles. The van der Waals surface area contributed by atoms with E-state index in [1.54, 1.807) is 0 Å². The third-order valence-electron chi connectivity index (χ3n) is 3.15. The fourth-order valence-corrected chi connectivity index (χ4v) is 1.80. The molecule has 0 spiro atoms. The second-order valence-corrected chi connectivity index (χ2v) is 5.52. The van der Waals surface area contributed by atoms with Crippen molar-refractivity contribution in [3.63, 3.8) is 0 Å². The van der Waals surface area contributed by atoms with Crippen LogP contribution in [0.3, 0.4) is 0 Å². The van der Waals surface area contributed by atoms with Crippen LogP contribution in [0.4, 0.5) is 0 Å². The molecule has 0 N–H and O–H groups in total. The van der Waals surface area contributed by atoms with Crippen LogP contribution in [0, 0.1) is 5.92 Å². The second-order valence-electron chi connectivity index (χ2n) is 5.52. The van der Waals surface area contributed by atoms with Crippen LogP contribution in [0.15, 0.2) is 78.4 Å². The Balaban J connectivity index is -0.000000148. The summed E-state index contributed by atoms with van der Waals surface area (Å²) in [6.07, 6.45) is 14.6. The van der Waals surface area contributed by atoms with E-state index in [4.69, 9.17) is 0 Å². The van der Waals surface area contributed by atoms with Gasteiger partial charge in [-0.05, 0) is 23.0 Å². The van der Waals surface area contributed by atoms with E-state index in [-0.39, 0.29) is 14.9 Å². The Morgan fingerprint density at radius 3 is 1.46 bits per heavy atom. The van der Waals surface area contributed by atoms with Gasteiger partial charge in [-0.25, -0.2) is 0 Å². The maximum Gasteiger partial charge on any atom is -0.0219 e. The molecule has 0 radical (unpaired) electrons. The van der Waals surface area contributed by atoms with Crippen LogP contribution in [-0.4, -0.2) is 0 Å². The lowest BCUT2D eigenvalue weighted by atomic mass is 10.0. The van der Waals surface area contributed by atoms with E-state index in [1.165, 1.54) is 11.1 Å². The molecule has 0 nitrogen and oxygen atoms in total. The van der Waals surface area contributed by atoms with E-state index in [1.807, 2.05) is 52.0 Å². The summed E-state index contributed by atoms with van der Waals surface area (Å²) in [4.78, 5) is 0. The minimum Gasteiger partial charge on any atom is -0.0776 e. The molecule has 0 saturated carbocycles. The molecule has 150 valence electrons. The summed E-state index contributed by atoms with van der Waals surface area (Å²) in [6.45, 7) is 16.8. The topological polar surface area (TPSA) is 0 Å². The Hall–Kier alpha value is -1.82. The largest absolute Gasteiger partial charge is 0.0776 e. The van der Waals surface area contributed by atoms with Crippen molar-refractivity contribution in [2.24, 2.45) is 5.92 Å². The maximum absolute atomic E-state index is 2.20. The van der Waals surface area contributed by atoms with Crippen LogP contribution in [0.5, 0.6) is 0 Å². The lowest BCUT2D eigenvalue weighted by Crippen LogP contribution is -1.89. The number of allylic oxidation sites excluding steroid dienone is 8. The summed E-state index contributed by atoms with van der Waals surface area (Å²) in [6, 6.07) is 10.5. The summed E-state index contributed by atoms with van der Waals surface area (Å²) in [5.74, 6) is 1.27. The van der Waals surface area contributed by atoms with Crippen LogP contribution in [-0.2, 0) is 0 Å². The molecule has 0 fully saturated rings. The van der Waals surface area contributed by atoms with Crippen LogP contribution in [0.25, 0.3) is 0 Å². The lowest BCUT2D eigenvalue weighted by molar-refractivity contribution is 0.791. The zero-order chi connectivity index (χ0) is 18.8. The molecule has 0 aliphatic heterocycles. The summed E-state index contributed by atoms with van der Waals surface area (Å²) in [5, 5.41) is 0. The van der Waals surface area contributed by atoms with E-state index in [0.29, 0.717) is 11.8 Å². The molecule has 0 atom stereocenters. The highest BCUT2D eigenvalue weighted by Crippen LogP contribution is 2.12. The molecule has 0 heteroatoms. The average Bonchev–Trinajstić information content (AvgIpc) is 2.59. The summed E-state index contributed by atoms with van der Waals surface area (Å²) in [7, 11) is 0. The Morgan fingerprint density at radius 2 is 1.04 bits per heavy atom. The quantitative estimate of drug-likeness (QED) is 0.494. The fourth-order valence-electron chi connectivity index (χ4n) is 1.80. The predicted molar refractivity (Wildman–Crippen MR) is 127 cm³/mol. The van der Waals surface area contributed by atoms with E-state index in [0.717, 1.165) is 0 Å². The second kappa shape index (κ2) is 23.2. The molecule has 0 unspecified atom stereocenters. The van der Waals surface area contributed by atoms with Gasteiger partial charge in [-0.3, -0.25) is 0 Å². The number of hydrogen-bond donors (Lipinski definition) is 0. The van der Waals surface area contributed by atoms with Crippen molar-refractivity contribution in [2.75, 3.05) is 0 Å². The third kappa shape index (κ3) is 17.0. The van der Waals surface area contributed by atoms with Gasteiger partial charge in [-0.1, -0.05) is 143 Å². The summed E-state index contributed by atoms with van der Waals surface area (Å²) < 4.78 is 0. The van der Waals surface area contributed by atoms with E-state index < -0.39 is 0 Å². The Labute approximate surface area is 166 Å². The van der Waals surface area contributed by atoms with Crippen LogP contribution >= 0.6 is 0 Å². The minimum absolute atomic E-state index is 0. The van der Waals surface area contributed by atoms with E-state index in [9.17, 15) is 0 Å². The molecule has 0 aromatic heterocycles. The van der Waals surface area contributed by atoms with Gasteiger partial charge < -0.3 is 0 Å². The van der Waals surface area contributed by atoms with Crippen molar-refractivity contribution < 1.29 is 0 Å². The molecule has 0 saturated heterocycles. The van der Waals surface area contributed by atoms with Crippen molar-refractivity contribution in [3.8, 4) is 0 Å². The first-order valence-corrected chi connectivity index (χ1v) is 9.37. The zero-order valence-electron chi connectivity index (χ0n) is 17.1. The Bertz CT molecular complexity index is 482. The molecule has 0 amide bonds. The smallest absolute Gasteiger partial charge is 0.0219 e. The first-order chi connectivity index (χ1) is 11.6. The van der Waals surface area contributed by atoms with Crippen LogP contribution in [0.2, 0.25) is 0 Å². The highest BCUT2D eigenvalue weighted by Gasteiger charge is 1.96. The molecule has 1 aromatic rings. The van der Waals surface area contributed by atoms with Crippen LogP contribution in [0.1, 0.15) is 81.7 Å². The lowest BCUT2D eigenvalue weighted by Gasteiger charge is -2.04. The maximum atomic E-state index is 2.20. The van der Waals surface area contributed by atoms with Crippen molar-refractivity contribution in [1.82, 2.24) is 0 Å². The molecular weight excluding hydrogens is 312 g/mol. The van der Waals surface area contributed by atoms with Gasteiger partial charge in [0.1, 0.15) is 0 Å². The van der Waals surface area contributed by atoms with Crippen molar-refractivity contribution in [2.45, 2.75) is 76.2 Å². The molecular formula is C26H46. The van der Waals surface area contributed by atoms with Gasteiger partial charge >= 0.3 is 0 Å². The van der Waals surface area contributed by atoms with E-state index in [2.05, 4.69) is 76.3 Å². The van der Waals surface area contributed by atoms with E-state index >= 15 is 0 Å². The third-order valence-corrected chi connectivity index (χ3v) is 3.15. The van der Waals surface area contributed by atoms with Gasteiger partial charge in [-0.15, -0.1) is 0 Å². The van der Waals surface area contributed by atoms with Gasteiger partial charge in [0.2, 0.25) is 0 Å². The fraction of sp³-hybridized carbons (Fsp3) is 0.462. The number of benzene rings is 1. The summed E-state index contributed by atoms with van der Waals surface area (Å²) >= 11 is 0. The van der Waals surface area contributed by atoms with Gasteiger partial charge in [0.25, 0.3) is 0 Å². The predicted octanol–water partition coefficient (Wildman–Crippen LogP) is 9.39. The van der Waals surface area contributed by atoms with Crippen molar-refractivity contribution in [3.05, 3.63) is 84.0 Å². The van der Waals surface area contributed by atoms with Gasteiger partial charge in [0.05, 0.1) is 0 Å². The standard InChI is InChI=1S/C11H14.C9H12.2C2H6.2CH4/c1-10(2)11-8-6-4-3-5-7-9-11;1-8(2)9-6-4-3-5-7-9;2*1-2;;/h3-10H,1-2H3;3-8H,1-2H3;2*1-2H3;2*1H4/b4-3-,5-3?,6-4?,7-5-,8-6?,9-7?,11-8?,11-9?;;;;;. The van der Waals surface area contributed by atoms with Crippen LogP contribution < -0.4 is 0 Å². The molecule has 1 aromatic carbocycles.